The molecule has 1 aliphatic rings. The fourth-order valence-electron chi connectivity index (χ4n) is 2.68. The van der Waals surface area contributed by atoms with Gasteiger partial charge in [-0.15, -0.1) is 0 Å². The third-order valence-corrected chi connectivity index (χ3v) is 3.91. The van der Waals surface area contributed by atoms with Crippen LogP contribution in [-0.2, 0) is 6.54 Å². The van der Waals surface area contributed by atoms with Crippen molar-refractivity contribution < 1.29 is 4.74 Å². The number of fused-ring (bicyclic) bond motifs is 1. The van der Waals surface area contributed by atoms with Gasteiger partial charge in [-0.2, -0.15) is 5.10 Å². The van der Waals surface area contributed by atoms with Gasteiger partial charge in [-0.1, -0.05) is 12.1 Å². The number of nitrogens with zero attached hydrogens (tertiary/aromatic N) is 1. The second-order valence-electron chi connectivity index (χ2n) is 5.49. The molecule has 1 aliphatic heterocycles. The average Bonchev–Trinajstić information content (AvgIpc) is 2.73. The molecule has 0 radical (unpaired) electrons. The minimum Gasteiger partial charge on any atom is -0.493 e. The van der Waals surface area contributed by atoms with Crippen molar-refractivity contribution in [1.29, 1.82) is 0 Å². The predicted molar refractivity (Wildman–Crippen MR) is 78.8 cm³/mol. The van der Waals surface area contributed by atoms with Crippen LogP contribution in [0.5, 0.6) is 5.75 Å². The molecule has 2 N–H and O–H groups in total. The van der Waals surface area contributed by atoms with E-state index in [1.54, 1.807) is 0 Å². The average molecular weight is 271 g/mol. The molecule has 0 saturated heterocycles. The Kier molecular flexibility index (Phi) is 3.74. The van der Waals surface area contributed by atoms with Gasteiger partial charge in [0.2, 0.25) is 0 Å². The van der Waals surface area contributed by atoms with Crippen LogP contribution in [0.3, 0.4) is 0 Å². The minimum atomic E-state index is 0.349. The first-order valence-electron chi connectivity index (χ1n) is 7.19. The summed E-state index contributed by atoms with van der Waals surface area (Å²) in [6.45, 7) is 5.79. The topological polar surface area (TPSA) is 49.9 Å². The second-order valence-corrected chi connectivity index (χ2v) is 5.49. The lowest BCUT2D eigenvalue weighted by molar-refractivity contribution is 0.315. The first-order chi connectivity index (χ1) is 9.74. The van der Waals surface area contributed by atoms with E-state index in [4.69, 9.17) is 4.74 Å². The van der Waals surface area contributed by atoms with Crippen LogP contribution < -0.4 is 10.1 Å². The molecule has 106 valence electrons. The molecule has 0 saturated carbocycles. The normalized spacial score (nSPS) is 18.2. The van der Waals surface area contributed by atoms with E-state index in [0.29, 0.717) is 6.04 Å². The first kappa shape index (κ1) is 13.2. The number of ether oxygens (including phenoxy) is 1. The van der Waals surface area contributed by atoms with Gasteiger partial charge in [-0.05, 0) is 38.3 Å². The lowest BCUT2D eigenvalue weighted by atomic mass is 10.0. The van der Waals surface area contributed by atoms with Crippen molar-refractivity contribution in [3.05, 3.63) is 46.8 Å². The second kappa shape index (κ2) is 5.67. The number of hydrogen-bond acceptors (Lipinski definition) is 3. The lowest BCUT2D eigenvalue weighted by Gasteiger charge is -2.18. The molecule has 20 heavy (non-hydrogen) atoms. The smallest absolute Gasteiger partial charge is 0.124 e. The van der Waals surface area contributed by atoms with Gasteiger partial charge in [0.05, 0.1) is 12.8 Å². The molecule has 0 aliphatic carbocycles. The molecular weight excluding hydrogens is 250 g/mol. The first-order valence-corrected chi connectivity index (χ1v) is 7.19. The molecule has 0 amide bonds. The maximum Gasteiger partial charge on any atom is 0.124 e. The van der Waals surface area contributed by atoms with Gasteiger partial charge < -0.3 is 10.1 Å². The Bertz CT molecular complexity index is 591. The van der Waals surface area contributed by atoms with Crippen LogP contribution >= 0.6 is 0 Å². The van der Waals surface area contributed by atoms with Crippen molar-refractivity contribution in [3.8, 4) is 5.75 Å². The van der Waals surface area contributed by atoms with Crippen molar-refractivity contribution in [2.45, 2.75) is 39.3 Å². The minimum absolute atomic E-state index is 0.349. The zero-order chi connectivity index (χ0) is 13.9. The Morgan fingerprint density at radius 1 is 1.40 bits per heavy atom. The van der Waals surface area contributed by atoms with E-state index in [-0.39, 0.29) is 0 Å². The zero-order valence-corrected chi connectivity index (χ0v) is 12.1. The molecule has 4 heteroatoms. The molecule has 4 nitrogen and oxygen atoms in total. The van der Waals surface area contributed by atoms with Crippen LogP contribution in [0.1, 0.15) is 41.3 Å². The monoisotopic (exact) mass is 271 g/mol. The van der Waals surface area contributed by atoms with E-state index in [2.05, 4.69) is 47.6 Å². The fraction of sp³-hybridized carbons (Fsp3) is 0.438. The predicted octanol–water partition coefficient (Wildman–Crippen LogP) is 3.03. The Labute approximate surface area is 119 Å². The Morgan fingerprint density at radius 3 is 3.10 bits per heavy atom. The summed E-state index contributed by atoms with van der Waals surface area (Å²) < 4.78 is 5.86. The van der Waals surface area contributed by atoms with E-state index in [1.165, 1.54) is 16.7 Å². The maximum atomic E-state index is 5.86. The van der Waals surface area contributed by atoms with Gasteiger partial charge in [-0.3, -0.25) is 5.10 Å². The number of rotatable bonds is 3. The van der Waals surface area contributed by atoms with Gasteiger partial charge in [-0.25, -0.2) is 0 Å². The van der Waals surface area contributed by atoms with Crippen LogP contribution in [0.2, 0.25) is 0 Å². The number of aromatic nitrogens is 2. The summed E-state index contributed by atoms with van der Waals surface area (Å²) in [5, 5.41) is 10.7. The number of aromatic amines is 1. The SMILES string of the molecule is Cc1ccc2c(c1)OCCC[C@@H]2NCc1cn[nH]c1C. The molecule has 0 unspecified atom stereocenters. The summed E-state index contributed by atoms with van der Waals surface area (Å²) in [6.07, 6.45) is 4.08. The zero-order valence-electron chi connectivity index (χ0n) is 12.1. The van der Waals surface area contributed by atoms with E-state index in [9.17, 15) is 0 Å². The third kappa shape index (κ3) is 2.70. The van der Waals surface area contributed by atoms with E-state index in [0.717, 1.165) is 37.4 Å². The van der Waals surface area contributed by atoms with Crippen LogP contribution in [-0.4, -0.2) is 16.8 Å². The Balaban J connectivity index is 1.78. The number of nitrogens with one attached hydrogen (secondary N) is 2. The van der Waals surface area contributed by atoms with Gasteiger partial charge in [0.25, 0.3) is 0 Å². The molecule has 1 aromatic heterocycles. The summed E-state index contributed by atoms with van der Waals surface area (Å²) in [5.41, 5.74) is 4.87. The number of hydrogen-bond donors (Lipinski definition) is 2. The number of H-pyrrole nitrogens is 1. The molecule has 0 bridgehead atoms. The van der Waals surface area contributed by atoms with Crippen molar-refractivity contribution in [1.82, 2.24) is 15.5 Å². The van der Waals surface area contributed by atoms with Gasteiger partial charge >= 0.3 is 0 Å². The highest BCUT2D eigenvalue weighted by molar-refractivity contribution is 5.40. The maximum absolute atomic E-state index is 5.86. The van der Waals surface area contributed by atoms with Crippen molar-refractivity contribution in [2.24, 2.45) is 0 Å². The fourth-order valence-corrected chi connectivity index (χ4v) is 2.68. The van der Waals surface area contributed by atoms with Crippen molar-refractivity contribution >= 4 is 0 Å². The lowest BCUT2D eigenvalue weighted by Crippen LogP contribution is -2.20. The molecule has 0 fully saturated rings. The van der Waals surface area contributed by atoms with Gasteiger partial charge in [0.15, 0.2) is 0 Å². The highest BCUT2D eigenvalue weighted by Crippen LogP contribution is 2.32. The molecule has 1 atom stereocenters. The highest BCUT2D eigenvalue weighted by atomic mass is 16.5. The molecule has 2 heterocycles. The summed E-state index contributed by atoms with van der Waals surface area (Å²) in [5.74, 6) is 1.03. The van der Waals surface area contributed by atoms with E-state index >= 15 is 0 Å². The molecule has 3 rings (SSSR count). The quantitative estimate of drug-likeness (QED) is 0.902. The van der Waals surface area contributed by atoms with Gasteiger partial charge in [0.1, 0.15) is 5.75 Å². The highest BCUT2D eigenvalue weighted by Gasteiger charge is 2.19. The Hall–Kier alpha value is -1.81. The van der Waals surface area contributed by atoms with Crippen LogP contribution in [0.4, 0.5) is 0 Å². The largest absolute Gasteiger partial charge is 0.493 e. The summed E-state index contributed by atoms with van der Waals surface area (Å²) in [7, 11) is 0. The van der Waals surface area contributed by atoms with E-state index < -0.39 is 0 Å². The molecule has 2 aromatic rings. The molecule has 0 spiro atoms. The van der Waals surface area contributed by atoms with Crippen LogP contribution in [0, 0.1) is 13.8 Å². The van der Waals surface area contributed by atoms with Crippen LogP contribution in [0.15, 0.2) is 24.4 Å². The van der Waals surface area contributed by atoms with Crippen LogP contribution in [0.25, 0.3) is 0 Å². The van der Waals surface area contributed by atoms with Crippen molar-refractivity contribution in [3.63, 3.8) is 0 Å². The summed E-state index contributed by atoms with van der Waals surface area (Å²) in [4.78, 5) is 0. The van der Waals surface area contributed by atoms with Crippen molar-refractivity contribution in [2.75, 3.05) is 6.61 Å². The molecular formula is C16H21N3O. The Morgan fingerprint density at radius 2 is 2.30 bits per heavy atom. The standard InChI is InChI=1S/C16H21N3O/c1-11-5-6-14-15(4-3-7-20-16(14)8-11)17-9-13-10-18-19-12(13)2/h5-6,8,10,15,17H,3-4,7,9H2,1-2H3,(H,18,19)/t15-/m0/s1. The summed E-state index contributed by atoms with van der Waals surface area (Å²) in [6, 6.07) is 6.84. The van der Waals surface area contributed by atoms with Gasteiger partial charge in [0, 0.05) is 29.4 Å². The third-order valence-electron chi connectivity index (χ3n) is 3.91. The number of aryl methyl sites for hydroxylation is 2. The van der Waals surface area contributed by atoms with E-state index in [1.807, 2.05) is 6.20 Å². The summed E-state index contributed by atoms with van der Waals surface area (Å²) >= 11 is 0. The number of benzene rings is 1. The molecule has 1 aromatic carbocycles.